The molecular formula is C14H18ClF2NO. The van der Waals surface area contributed by atoms with Gasteiger partial charge >= 0.3 is 0 Å². The third kappa shape index (κ3) is 3.44. The molecule has 1 N–H and O–H groups in total. The first-order chi connectivity index (χ1) is 9.13. The highest BCUT2D eigenvalue weighted by Gasteiger charge is 2.21. The molecule has 0 aromatic heterocycles. The number of halogens is 3. The molecule has 1 heterocycles. The van der Waals surface area contributed by atoms with E-state index in [1.165, 1.54) is 13.2 Å². The van der Waals surface area contributed by atoms with Gasteiger partial charge in [0.05, 0.1) is 6.61 Å². The van der Waals surface area contributed by atoms with E-state index in [0.717, 1.165) is 25.9 Å². The first kappa shape index (κ1) is 14.7. The molecule has 1 aromatic rings. The van der Waals surface area contributed by atoms with Gasteiger partial charge in [-0.2, -0.15) is 0 Å². The zero-order valence-electron chi connectivity index (χ0n) is 10.9. The van der Waals surface area contributed by atoms with Crippen molar-refractivity contribution in [2.45, 2.75) is 25.9 Å². The van der Waals surface area contributed by atoms with Gasteiger partial charge in [-0.3, -0.25) is 0 Å². The van der Waals surface area contributed by atoms with Crippen LogP contribution < -0.4 is 5.32 Å². The van der Waals surface area contributed by atoms with Crippen LogP contribution >= 0.6 is 11.6 Å². The number of methoxy groups -OCH3 is 1. The number of rotatable bonds is 4. The average molecular weight is 290 g/mol. The van der Waals surface area contributed by atoms with Crippen LogP contribution in [-0.2, 0) is 17.8 Å². The fourth-order valence-corrected chi connectivity index (χ4v) is 2.77. The van der Waals surface area contributed by atoms with E-state index in [9.17, 15) is 8.78 Å². The molecule has 19 heavy (non-hydrogen) atoms. The highest BCUT2D eigenvalue weighted by atomic mass is 35.5. The summed E-state index contributed by atoms with van der Waals surface area (Å²) in [4.78, 5) is 0. The highest BCUT2D eigenvalue weighted by Crippen LogP contribution is 2.28. The van der Waals surface area contributed by atoms with Gasteiger partial charge in [0.15, 0.2) is 11.6 Å². The third-order valence-corrected chi connectivity index (χ3v) is 3.92. The maximum atomic E-state index is 14.0. The SMILES string of the molecule is COCc1c(Cl)cc(CC2CCNCC2)c(F)c1F. The summed E-state index contributed by atoms with van der Waals surface area (Å²) < 4.78 is 32.8. The van der Waals surface area contributed by atoms with Gasteiger partial charge in [-0.1, -0.05) is 11.6 Å². The van der Waals surface area contributed by atoms with Gasteiger partial charge in [0.25, 0.3) is 0 Å². The lowest BCUT2D eigenvalue weighted by molar-refractivity contribution is 0.180. The smallest absolute Gasteiger partial charge is 0.166 e. The Labute approximate surface area is 117 Å². The molecule has 1 aliphatic rings. The molecule has 106 valence electrons. The Bertz CT molecular complexity index is 448. The third-order valence-electron chi connectivity index (χ3n) is 3.58. The van der Waals surface area contributed by atoms with Crippen LogP contribution in [-0.4, -0.2) is 20.2 Å². The van der Waals surface area contributed by atoms with Gasteiger partial charge in [0.1, 0.15) is 0 Å². The van der Waals surface area contributed by atoms with E-state index >= 15 is 0 Å². The lowest BCUT2D eigenvalue weighted by Gasteiger charge is -2.23. The van der Waals surface area contributed by atoms with Crippen molar-refractivity contribution in [2.75, 3.05) is 20.2 Å². The second kappa shape index (κ2) is 6.64. The molecule has 1 aliphatic heterocycles. The number of benzene rings is 1. The van der Waals surface area contributed by atoms with Gasteiger partial charge in [-0.15, -0.1) is 0 Å². The van der Waals surface area contributed by atoms with E-state index in [-0.39, 0.29) is 17.2 Å². The molecule has 0 unspecified atom stereocenters. The molecule has 0 saturated carbocycles. The first-order valence-electron chi connectivity index (χ1n) is 6.48. The van der Waals surface area contributed by atoms with Crippen LogP contribution in [0.25, 0.3) is 0 Å². The number of piperidine rings is 1. The van der Waals surface area contributed by atoms with E-state index < -0.39 is 11.6 Å². The minimum atomic E-state index is -0.877. The normalized spacial score (nSPS) is 16.8. The van der Waals surface area contributed by atoms with Crippen LogP contribution in [0, 0.1) is 17.6 Å². The summed E-state index contributed by atoms with van der Waals surface area (Å²) in [6.07, 6.45) is 2.51. The Morgan fingerprint density at radius 2 is 2.00 bits per heavy atom. The Balaban J connectivity index is 2.21. The monoisotopic (exact) mass is 289 g/mol. The van der Waals surface area contributed by atoms with E-state index in [4.69, 9.17) is 16.3 Å². The zero-order valence-corrected chi connectivity index (χ0v) is 11.7. The van der Waals surface area contributed by atoms with Crippen molar-refractivity contribution in [1.82, 2.24) is 5.32 Å². The summed E-state index contributed by atoms with van der Waals surface area (Å²) in [5.41, 5.74) is 0.463. The minimum Gasteiger partial charge on any atom is -0.380 e. The Kier molecular flexibility index (Phi) is 5.13. The molecule has 2 nitrogen and oxygen atoms in total. The molecule has 1 aromatic carbocycles. The highest BCUT2D eigenvalue weighted by molar-refractivity contribution is 6.31. The van der Waals surface area contributed by atoms with Gasteiger partial charge < -0.3 is 10.1 Å². The quantitative estimate of drug-likeness (QED) is 0.859. The zero-order chi connectivity index (χ0) is 13.8. The Morgan fingerprint density at radius 1 is 1.32 bits per heavy atom. The van der Waals surface area contributed by atoms with Gasteiger partial charge in [0, 0.05) is 17.7 Å². The lowest BCUT2D eigenvalue weighted by atomic mass is 9.90. The summed E-state index contributed by atoms with van der Waals surface area (Å²) in [5, 5.41) is 3.49. The van der Waals surface area contributed by atoms with E-state index in [2.05, 4.69) is 5.32 Å². The van der Waals surface area contributed by atoms with Crippen molar-refractivity contribution in [1.29, 1.82) is 0 Å². The predicted molar refractivity (Wildman–Crippen MR) is 71.4 cm³/mol. The standard InChI is InChI=1S/C14H18ClF2NO/c1-19-8-11-12(15)7-10(13(16)14(11)17)6-9-2-4-18-5-3-9/h7,9,18H,2-6,8H2,1H3. The fraction of sp³-hybridized carbons (Fsp3) is 0.571. The molecule has 0 bridgehead atoms. The van der Waals surface area contributed by atoms with Crippen molar-refractivity contribution >= 4 is 11.6 Å². The molecule has 0 spiro atoms. The summed E-state index contributed by atoms with van der Waals surface area (Å²) in [5.74, 6) is -1.27. The van der Waals surface area contributed by atoms with Gasteiger partial charge in [-0.25, -0.2) is 8.78 Å². The summed E-state index contributed by atoms with van der Waals surface area (Å²) >= 11 is 6.00. The second-order valence-corrected chi connectivity index (χ2v) is 5.36. The van der Waals surface area contributed by atoms with Gasteiger partial charge in [0.2, 0.25) is 0 Å². The minimum absolute atomic E-state index is 0.0186. The predicted octanol–water partition coefficient (Wildman–Crippen LogP) is 3.31. The summed E-state index contributed by atoms with van der Waals surface area (Å²) in [6, 6.07) is 1.54. The van der Waals surface area contributed by atoms with Crippen molar-refractivity contribution in [3.05, 3.63) is 33.9 Å². The van der Waals surface area contributed by atoms with Crippen LogP contribution in [0.15, 0.2) is 6.07 Å². The molecule has 0 radical (unpaired) electrons. The molecule has 0 atom stereocenters. The van der Waals surface area contributed by atoms with Crippen LogP contribution in [0.4, 0.5) is 8.78 Å². The number of hydrogen-bond acceptors (Lipinski definition) is 2. The van der Waals surface area contributed by atoms with E-state index in [1.54, 1.807) is 0 Å². The number of hydrogen-bond donors (Lipinski definition) is 1. The topological polar surface area (TPSA) is 21.3 Å². The summed E-state index contributed by atoms with van der Waals surface area (Å²) in [6.45, 7) is 1.85. The second-order valence-electron chi connectivity index (χ2n) is 4.95. The largest absolute Gasteiger partial charge is 0.380 e. The molecule has 0 amide bonds. The Hall–Kier alpha value is -0.710. The molecule has 2 rings (SSSR count). The molecule has 1 saturated heterocycles. The number of ether oxygens (including phenoxy) is 1. The maximum absolute atomic E-state index is 14.0. The van der Waals surface area contributed by atoms with Crippen LogP contribution in [0.1, 0.15) is 24.0 Å². The summed E-state index contributed by atoms with van der Waals surface area (Å²) in [7, 11) is 1.43. The first-order valence-corrected chi connectivity index (χ1v) is 6.86. The van der Waals surface area contributed by atoms with Crippen molar-refractivity contribution < 1.29 is 13.5 Å². The maximum Gasteiger partial charge on any atom is 0.166 e. The fourth-order valence-electron chi connectivity index (χ4n) is 2.50. The van der Waals surface area contributed by atoms with Crippen LogP contribution in [0.5, 0.6) is 0 Å². The Morgan fingerprint density at radius 3 is 2.63 bits per heavy atom. The van der Waals surface area contributed by atoms with Crippen molar-refractivity contribution in [3.63, 3.8) is 0 Å². The van der Waals surface area contributed by atoms with Gasteiger partial charge in [-0.05, 0) is 49.9 Å². The van der Waals surface area contributed by atoms with E-state index in [0.29, 0.717) is 17.9 Å². The lowest BCUT2D eigenvalue weighted by Crippen LogP contribution is -2.28. The molecule has 5 heteroatoms. The van der Waals surface area contributed by atoms with E-state index in [1.807, 2.05) is 0 Å². The van der Waals surface area contributed by atoms with Crippen molar-refractivity contribution in [2.24, 2.45) is 5.92 Å². The number of nitrogens with one attached hydrogen (secondary N) is 1. The van der Waals surface area contributed by atoms with Crippen LogP contribution in [0.2, 0.25) is 5.02 Å². The molecule has 0 aliphatic carbocycles. The van der Waals surface area contributed by atoms with Crippen molar-refractivity contribution in [3.8, 4) is 0 Å². The molecule has 1 fully saturated rings. The van der Waals surface area contributed by atoms with Crippen LogP contribution in [0.3, 0.4) is 0 Å². The average Bonchev–Trinajstić information content (AvgIpc) is 2.42. The molecular weight excluding hydrogens is 272 g/mol.